The quantitative estimate of drug-likeness (QED) is 0.638. The standard InChI is InChI=1S/C12H8FN4/c1-17-11(8-2-4-9(13)5-3-8)16-10-12(17)15-7-6-14-10/h2-5,7H,1H3. The van der Waals surface area contributed by atoms with Crippen LogP contribution < -0.4 is 0 Å². The highest BCUT2D eigenvalue weighted by molar-refractivity contribution is 5.73. The van der Waals surface area contributed by atoms with E-state index in [2.05, 4.69) is 21.1 Å². The topological polar surface area (TPSA) is 43.6 Å². The first-order valence-corrected chi connectivity index (χ1v) is 5.07. The van der Waals surface area contributed by atoms with Crippen molar-refractivity contribution in [2.45, 2.75) is 0 Å². The summed E-state index contributed by atoms with van der Waals surface area (Å²) in [7, 11) is 1.85. The first-order chi connectivity index (χ1) is 8.25. The van der Waals surface area contributed by atoms with Crippen LogP contribution in [0.15, 0.2) is 30.5 Å². The van der Waals surface area contributed by atoms with Crippen LogP contribution in [0.5, 0.6) is 0 Å². The summed E-state index contributed by atoms with van der Waals surface area (Å²) >= 11 is 0. The molecule has 0 amide bonds. The summed E-state index contributed by atoms with van der Waals surface area (Å²) in [6.07, 6.45) is 4.14. The number of rotatable bonds is 1. The highest BCUT2D eigenvalue weighted by Crippen LogP contribution is 2.21. The van der Waals surface area contributed by atoms with Gasteiger partial charge in [0.2, 0.25) is 0 Å². The molecule has 0 fully saturated rings. The highest BCUT2D eigenvalue weighted by atomic mass is 19.1. The van der Waals surface area contributed by atoms with E-state index in [0.717, 1.165) is 5.56 Å². The number of nitrogens with zero attached hydrogens (tertiary/aromatic N) is 4. The van der Waals surface area contributed by atoms with Gasteiger partial charge in [0, 0.05) is 12.6 Å². The van der Waals surface area contributed by atoms with Crippen LogP contribution in [0.2, 0.25) is 0 Å². The number of fused-ring (bicyclic) bond motifs is 1. The molecule has 5 heteroatoms. The molecule has 83 valence electrons. The molecule has 0 bridgehead atoms. The Morgan fingerprint density at radius 3 is 2.71 bits per heavy atom. The van der Waals surface area contributed by atoms with Crippen LogP contribution in [0.3, 0.4) is 0 Å². The first-order valence-electron chi connectivity index (χ1n) is 5.07. The minimum Gasteiger partial charge on any atom is -0.310 e. The van der Waals surface area contributed by atoms with Crippen LogP contribution in [-0.2, 0) is 7.05 Å². The van der Waals surface area contributed by atoms with Crippen molar-refractivity contribution in [1.82, 2.24) is 19.5 Å². The number of hydrogen-bond donors (Lipinski definition) is 0. The zero-order valence-corrected chi connectivity index (χ0v) is 9.05. The van der Waals surface area contributed by atoms with Crippen LogP contribution in [-0.4, -0.2) is 19.5 Å². The Bertz CT molecular complexity index is 673. The maximum atomic E-state index is 12.9. The molecule has 0 aliphatic carbocycles. The molecule has 0 saturated carbocycles. The Hall–Kier alpha value is -2.30. The molecule has 0 aliphatic heterocycles. The summed E-state index contributed by atoms with van der Waals surface area (Å²) < 4.78 is 14.7. The Morgan fingerprint density at radius 1 is 1.24 bits per heavy atom. The summed E-state index contributed by atoms with van der Waals surface area (Å²) in [5, 5.41) is 0. The van der Waals surface area contributed by atoms with E-state index in [9.17, 15) is 4.39 Å². The SMILES string of the molecule is Cn1c(-c2ccc(F)cc2)nc2n[c]cnc21. The first kappa shape index (κ1) is 9.89. The molecule has 2 heterocycles. The van der Waals surface area contributed by atoms with Gasteiger partial charge in [0.05, 0.1) is 6.20 Å². The lowest BCUT2D eigenvalue weighted by Crippen LogP contribution is -1.93. The van der Waals surface area contributed by atoms with Gasteiger partial charge in [-0.1, -0.05) is 0 Å². The molecule has 0 spiro atoms. The van der Waals surface area contributed by atoms with E-state index >= 15 is 0 Å². The maximum absolute atomic E-state index is 12.9. The highest BCUT2D eigenvalue weighted by Gasteiger charge is 2.10. The number of hydrogen-bond acceptors (Lipinski definition) is 3. The van der Waals surface area contributed by atoms with Gasteiger partial charge < -0.3 is 4.57 Å². The molecule has 3 rings (SSSR count). The van der Waals surface area contributed by atoms with Gasteiger partial charge in [-0.15, -0.1) is 0 Å². The number of benzene rings is 1. The number of imidazole rings is 1. The summed E-state index contributed by atoms with van der Waals surface area (Å²) in [5.41, 5.74) is 2.05. The minimum atomic E-state index is -0.267. The van der Waals surface area contributed by atoms with Gasteiger partial charge in [-0.05, 0) is 24.3 Å². The van der Waals surface area contributed by atoms with Crippen LogP contribution in [0.1, 0.15) is 0 Å². The van der Waals surface area contributed by atoms with Crippen LogP contribution in [0, 0.1) is 12.0 Å². The molecule has 4 nitrogen and oxygen atoms in total. The van der Waals surface area contributed by atoms with Crippen LogP contribution in [0.4, 0.5) is 4.39 Å². The Morgan fingerprint density at radius 2 is 2.00 bits per heavy atom. The molecule has 2 aromatic heterocycles. The fourth-order valence-electron chi connectivity index (χ4n) is 1.73. The van der Waals surface area contributed by atoms with E-state index in [0.29, 0.717) is 17.1 Å². The molecule has 1 aromatic carbocycles. The molecular formula is C12H8FN4. The molecule has 3 aromatic rings. The largest absolute Gasteiger partial charge is 0.310 e. The minimum absolute atomic E-state index is 0.267. The monoisotopic (exact) mass is 227 g/mol. The number of aryl methyl sites for hydroxylation is 1. The Balaban J connectivity index is 2.24. The smallest absolute Gasteiger partial charge is 0.198 e. The predicted octanol–water partition coefficient (Wildman–Crippen LogP) is 1.97. The lowest BCUT2D eigenvalue weighted by molar-refractivity contribution is 0.628. The maximum Gasteiger partial charge on any atom is 0.198 e. The van der Waals surface area contributed by atoms with Gasteiger partial charge in [0.25, 0.3) is 0 Å². The van der Waals surface area contributed by atoms with E-state index < -0.39 is 0 Å². The summed E-state index contributed by atoms with van der Waals surface area (Å²) in [5.74, 6) is 0.441. The van der Waals surface area contributed by atoms with Gasteiger partial charge in [-0.3, -0.25) is 0 Å². The third-order valence-corrected chi connectivity index (χ3v) is 2.56. The third kappa shape index (κ3) is 1.56. The van der Waals surface area contributed by atoms with Crippen molar-refractivity contribution in [3.05, 3.63) is 42.5 Å². The molecular weight excluding hydrogens is 219 g/mol. The van der Waals surface area contributed by atoms with Gasteiger partial charge in [-0.25, -0.2) is 19.3 Å². The zero-order chi connectivity index (χ0) is 11.8. The van der Waals surface area contributed by atoms with E-state index in [1.54, 1.807) is 12.1 Å². The molecule has 17 heavy (non-hydrogen) atoms. The Kier molecular flexibility index (Phi) is 2.11. The van der Waals surface area contributed by atoms with E-state index in [4.69, 9.17) is 0 Å². The van der Waals surface area contributed by atoms with Crippen LogP contribution >= 0.6 is 0 Å². The van der Waals surface area contributed by atoms with Crippen molar-refractivity contribution in [3.63, 3.8) is 0 Å². The average Bonchev–Trinajstić information content (AvgIpc) is 2.69. The lowest BCUT2D eigenvalue weighted by atomic mass is 10.2. The van der Waals surface area contributed by atoms with Crippen LogP contribution in [0.25, 0.3) is 22.7 Å². The van der Waals surface area contributed by atoms with Gasteiger partial charge in [0.15, 0.2) is 11.3 Å². The normalized spacial score (nSPS) is 10.9. The molecule has 0 aliphatic rings. The van der Waals surface area contributed by atoms with Crippen molar-refractivity contribution in [3.8, 4) is 11.4 Å². The summed E-state index contributed by atoms with van der Waals surface area (Å²) in [4.78, 5) is 12.5. The van der Waals surface area contributed by atoms with E-state index in [1.165, 1.54) is 18.3 Å². The van der Waals surface area contributed by atoms with Gasteiger partial charge in [-0.2, -0.15) is 0 Å². The fourth-order valence-corrected chi connectivity index (χ4v) is 1.73. The zero-order valence-electron chi connectivity index (χ0n) is 9.05. The lowest BCUT2D eigenvalue weighted by Gasteiger charge is -2.01. The summed E-state index contributed by atoms with van der Waals surface area (Å²) in [6.45, 7) is 0. The van der Waals surface area contributed by atoms with Gasteiger partial charge in [0.1, 0.15) is 17.8 Å². The molecule has 0 saturated heterocycles. The van der Waals surface area contributed by atoms with E-state index in [-0.39, 0.29) is 5.82 Å². The van der Waals surface area contributed by atoms with Crippen molar-refractivity contribution < 1.29 is 4.39 Å². The van der Waals surface area contributed by atoms with Crippen molar-refractivity contribution >= 4 is 11.3 Å². The third-order valence-electron chi connectivity index (χ3n) is 2.56. The Labute approximate surface area is 96.8 Å². The fraction of sp³-hybridized carbons (Fsp3) is 0.0833. The van der Waals surface area contributed by atoms with Crippen molar-refractivity contribution in [2.24, 2.45) is 7.05 Å². The molecule has 0 atom stereocenters. The van der Waals surface area contributed by atoms with E-state index in [1.807, 2.05) is 11.6 Å². The second kappa shape index (κ2) is 3.62. The number of halogens is 1. The average molecular weight is 227 g/mol. The second-order valence-electron chi connectivity index (χ2n) is 3.65. The number of aromatic nitrogens is 4. The predicted molar refractivity (Wildman–Crippen MR) is 60.5 cm³/mol. The second-order valence-corrected chi connectivity index (χ2v) is 3.65. The molecule has 0 unspecified atom stereocenters. The van der Waals surface area contributed by atoms with Crippen molar-refractivity contribution in [1.29, 1.82) is 0 Å². The van der Waals surface area contributed by atoms with Crippen molar-refractivity contribution in [2.75, 3.05) is 0 Å². The molecule has 1 radical (unpaired) electrons. The summed E-state index contributed by atoms with van der Waals surface area (Å²) in [6, 6.07) is 6.17. The molecule has 0 N–H and O–H groups in total. The van der Waals surface area contributed by atoms with Gasteiger partial charge >= 0.3 is 0 Å².